The first kappa shape index (κ1) is 14.5. The molecule has 0 atom stereocenters. The van der Waals surface area contributed by atoms with Crippen LogP contribution in [0.15, 0.2) is 24.3 Å². The summed E-state index contributed by atoms with van der Waals surface area (Å²) in [5, 5.41) is 12.0. The van der Waals surface area contributed by atoms with Crippen LogP contribution in [-0.2, 0) is 4.79 Å². The number of nitriles is 1. The molecular formula is C13H16ClN3O. The summed E-state index contributed by atoms with van der Waals surface area (Å²) < 4.78 is 0. The molecule has 0 radical (unpaired) electrons. The minimum absolute atomic E-state index is 0.148. The summed E-state index contributed by atoms with van der Waals surface area (Å²) in [5.41, 5.74) is 0.660. The lowest BCUT2D eigenvalue weighted by molar-refractivity contribution is -0.117. The van der Waals surface area contributed by atoms with Crippen LogP contribution in [0, 0.1) is 11.3 Å². The molecule has 0 aliphatic carbocycles. The Bertz CT molecular complexity index is 454. The van der Waals surface area contributed by atoms with Crippen molar-refractivity contribution >= 4 is 23.2 Å². The Morgan fingerprint density at radius 3 is 2.83 bits per heavy atom. The van der Waals surface area contributed by atoms with Crippen molar-refractivity contribution in [3.05, 3.63) is 29.3 Å². The van der Waals surface area contributed by atoms with Crippen molar-refractivity contribution in [2.75, 3.05) is 18.4 Å². The van der Waals surface area contributed by atoms with E-state index in [1.807, 2.05) is 13.8 Å². The molecule has 0 heterocycles. The summed E-state index contributed by atoms with van der Waals surface area (Å²) in [7, 11) is 0. The fourth-order valence-corrected chi connectivity index (χ4v) is 1.65. The number of halogens is 1. The zero-order valence-corrected chi connectivity index (χ0v) is 11.2. The van der Waals surface area contributed by atoms with Gasteiger partial charge in [-0.15, -0.1) is 0 Å². The highest BCUT2D eigenvalue weighted by molar-refractivity contribution is 6.30. The lowest BCUT2D eigenvalue weighted by atomic mass is 10.3. The number of rotatable bonds is 5. The van der Waals surface area contributed by atoms with Crippen LogP contribution in [0.1, 0.15) is 13.8 Å². The molecule has 0 spiro atoms. The van der Waals surface area contributed by atoms with Gasteiger partial charge in [0.1, 0.15) is 0 Å². The maximum atomic E-state index is 11.8. The van der Waals surface area contributed by atoms with Gasteiger partial charge in [-0.2, -0.15) is 5.26 Å². The van der Waals surface area contributed by atoms with Gasteiger partial charge in [0.05, 0.1) is 19.2 Å². The molecule has 0 saturated carbocycles. The minimum atomic E-state index is -0.152. The molecule has 0 bridgehead atoms. The van der Waals surface area contributed by atoms with E-state index in [0.29, 0.717) is 10.7 Å². The summed E-state index contributed by atoms with van der Waals surface area (Å²) in [4.78, 5) is 13.6. The van der Waals surface area contributed by atoms with E-state index in [4.69, 9.17) is 16.9 Å². The highest BCUT2D eigenvalue weighted by Gasteiger charge is 2.13. The van der Waals surface area contributed by atoms with E-state index in [2.05, 4.69) is 11.4 Å². The molecule has 0 unspecified atom stereocenters. The van der Waals surface area contributed by atoms with Crippen LogP contribution < -0.4 is 5.32 Å². The molecule has 1 amide bonds. The van der Waals surface area contributed by atoms with E-state index < -0.39 is 0 Å². The van der Waals surface area contributed by atoms with Gasteiger partial charge in [0.15, 0.2) is 0 Å². The number of nitrogens with one attached hydrogen (secondary N) is 1. The first-order valence-corrected chi connectivity index (χ1v) is 6.07. The van der Waals surface area contributed by atoms with E-state index in [9.17, 15) is 4.79 Å². The molecule has 0 fully saturated rings. The predicted octanol–water partition coefficient (Wildman–Crippen LogP) is 2.51. The fraction of sp³-hybridized carbons (Fsp3) is 0.385. The van der Waals surface area contributed by atoms with E-state index in [1.54, 1.807) is 29.2 Å². The van der Waals surface area contributed by atoms with Gasteiger partial charge in [0, 0.05) is 16.8 Å². The number of hydrogen-bond acceptors (Lipinski definition) is 3. The highest BCUT2D eigenvalue weighted by atomic mass is 35.5. The van der Waals surface area contributed by atoms with Gasteiger partial charge in [-0.25, -0.2) is 0 Å². The maximum Gasteiger partial charge on any atom is 0.238 e. The van der Waals surface area contributed by atoms with Crippen LogP contribution >= 0.6 is 11.6 Å². The number of carbonyl (C=O) groups is 1. The van der Waals surface area contributed by atoms with E-state index in [-0.39, 0.29) is 25.0 Å². The third-order valence-electron chi connectivity index (χ3n) is 2.46. The first-order valence-electron chi connectivity index (χ1n) is 5.69. The molecule has 4 nitrogen and oxygen atoms in total. The highest BCUT2D eigenvalue weighted by Crippen LogP contribution is 2.14. The molecule has 0 aromatic heterocycles. The molecule has 0 aliphatic heterocycles. The molecule has 1 aromatic rings. The lowest BCUT2D eigenvalue weighted by Gasteiger charge is -2.22. The number of benzene rings is 1. The molecule has 96 valence electrons. The van der Waals surface area contributed by atoms with Crippen molar-refractivity contribution in [3.63, 3.8) is 0 Å². The molecule has 0 aliphatic rings. The Labute approximate surface area is 112 Å². The Morgan fingerprint density at radius 1 is 1.56 bits per heavy atom. The molecular weight excluding hydrogens is 250 g/mol. The van der Waals surface area contributed by atoms with Crippen LogP contribution in [0.5, 0.6) is 0 Å². The smallest absolute Gasteiger partial charge is 0.238 e. The number of hydrogen-bond donors (Lipinski definition) is 1. The normalized spacial score (nSPS) is 10.4. The van der Waals surface area contributed by atoms with Gasteiger partial charge < -0.3 is 5.32 Å². The number of carbonyl (C=O) groups excluding carboxylic acids is 1. The average Bonchev–Trinajstić information content (AvgIpc) is 2.28. The molecule has 0 saturated heterocycles. The Morgan fingerprint density at radius 2 is 2.28 bits per heavy atom. The standard InChI is InChI=1S/C13H16ClN3O/c1-10(2)17(7-6-15)9-13(18)16-12-5-3-4-11(14)8-12/h3-5,8,10H,7,9H2,1-2H3,(H,16,18). The largest absolute Gasteiger partial charge is 0.325 e. The molecule has 5 heteroatoms. The number of anilines is 1. The van der Waals surface area contributed by atoms with Crippen molar-refractivity contribution in [2.24, 2.45) is 0 Å². The Hall–Kier alpha value is -1.57. The van der Waals surface area contributed by atoms with Gasteiger partial charge in [-0.05, 0) is 32.0 Å². The van der Waals surface area contributed by atoms with Crippen LogP contribution in [0.2, 0.25) is 5.02 Å². The summed E-state index contributed by atoms with van der Waals surface area (Å²) in [5.74, 6) is -0.152. The summed E-state index contributed by atoms with van der Waals surface area (Å²) in [6.07, 6.45) is 0. The van der Waals surface area contributed by atoms with Crippen molar-refractivity contribution < 1.29 is 4.79 Å². The van der Waals surface area contributed by atoms with E-state index in [0.717, 1.165) is 0 Å². The van der Waals surface area contributed by atoms with Crippen molar-refractivity contribution in [3.8, 4) is 6.07 Å². The monoisotopic (exact) mass is 265 g/mol. The van der Waals surface area contributed by atoms with Gasteiger partial charge in [-0.1, -0.05) is 17.7 Å². The zero-order chi connectivity index (χ0) is 13.5. The Balaban J connectivity index is 2.58. The number of nitrogens with zero attached hydrogens (tertiary/aromatic N) is 2. The molecule has 18 heavy (non-hydrogen) atoms. The fourth-order valence-electron chi connectivity index (χ4n) is 1.46. The SMILES string of the molecule is CC(C)N(CC#N)CC(=O)Nc1cccc(Cl)c1. The molecule has 1 aromatic carbocycles. The quantitative estimate of drug-likeness (QED) is 0.833. The Kier molecular flexibility index (Phi) is 5.63. The minimum Gasteiger partial charge on any atom is -0.325 e. The summed E-state index contributed by atoms with van der Waals surface area (Å²) in [6, 6.07) is 9.17. The van der Waals surface area contributed by atoms with Crippen LogP contribution in [0.4, 0.5) is 5.69 Å². The summed E-state index contributed by atoms with van der Waals surface area (Å²) in [6.45, 7) is 4.33. The second-order valence-electron chi connectivity index (χ2n) is 4.22. The lowest BCUT2D eigenvalue weighted by Crippen LogP contribution is -2.38. The van der Waals surface area contributed by atoms with E-state index in [1.165, 1.54) is 0 Å². The third-order valence-corrected chi connectivity index (χ3v) is 2.69. The second kappa shape index (κ2) is 7.00. The molecule has 1 rings (SSSR count). The maximum absolute atomic E-state index is 11.8. The van der Waals surface area contributed by atoms with Gasteiger partial charge in [0.25, 0.3) is 0 Å². The number of amides is 1. The van der Waals surface area contributed by atoms with Crippen LogP contribution in [0.25, 0.3) is 0 Å². The molecule has 1 N–H and O–H groups in total. The topological polar surface area (TPSA) is 56.1 Å². The summed E-state index contributed by atoms with van der Waals surface area (Å²) >= 11 is 5.83. The van der Waals surface area contributed by atoms with Crippen molar-refractivity contribution in [1.29, 1.82) is 5.26 Å². The average molecular weight is 266 g/mol. The van der Waals surface area contributed by atoms with Gasteiger partial charge >= 0.3 is 0 Å². The predicted molar refractivity (Wildman–Crippen MR) is 72.4 cm³/mol. The van der Waals surface area contributed by atoms with Crippen LogP contribution in [-0.4, -0.2) is 29.9 Å². The van der Waals surface area contributed by atoms with Crippen molar-refractivity contribution in [2.45, 2.75) is 19.9 Å². The van der Waals surface area contributed by atoms with Gasteiger partial charge in [0.2, 0.25) is 5.91 Å². The first-order chi connectivity index (χ1) is 8.52. The van der Waals surface area contributed by atoms with Crippen LogP contribution in [0.3, 0.4) is 0 Å². The van der Waals surface area contributed by atoms with Gasteiger partial charge in [-0.3, -0.25) is 9.69 Å². The van der Waals surface area contributed by atoms with Crippen molar-refractivity contribution in [1.82, 2.24) is 4.90 Å². The zero-order valence-electron chi connectivity index (χ0n) is 10.5. The third kappa shape index (κ3) is 4.74. The van der Waals surface area contributed by atoms with E-state index >= 15 is 0 Å². The second-order valence-corrected chi connectivity index (χ2v) is 4.65.